The molecule has 0 saturated carbocycles. The van der Waals surface area contributed by atoms with Gasteiger partial charge in [0.05, 0.1) is 12.6 Å². The quantitative estimate of drug-likeness (QED) is 0.853. The Balaban J connectivity index is 1.72. The minimum absolute atomic E-state index is 0.215. The molecule has 132 valence electrons. The van der Waals surface area contributed by atoms with Gasteiger partial charge in [0.15, 0.2) is 0 Å². The number of H-pyrrole nitrogens is 1. The monoisotopic (exact) mass is 343 g/mol. The summed E-state index contributed by atoms with van der Waals surface area (Å²) in [5, 5.41) is 2.96. The molecule has 7 nitrogen and oxygen atoms in total. The third-order valence-electron chi connectivity index (χ3n) is 4.07. The van der Waals surface area contributed by atoms with E-state index in [0.717, 1.165) is 5.69 Å². The van der Waals surface area contributed by atoms with Gasteiger partial charge in [-0.3, -0.25) is 9.59 Å². The summed E-state index contributed by atoms with van der Waals surface area (Å²) < 4.78 is 11.3. The molecule has 0 unspecified atom stereocenters. The number of hydrogen-bond acceptors (Lipinski definition) is 5. The van der Waals surface area contributed by atoms with Crippen LogP contribution in [0, 0.1) is 0 Å². The smallest absolute Gasteiger partial charge is 0.251 e. The molecule has 25 heavy (non-hydrogen) atoms. The van der Waals surface area contributed by atoms with Crippen LogP contribution in [0.5, 0.6) is 5.88 Å². The molecule has 1 amide bonds. The van der Waals surface area contributed by atoms with E-state index in [4.69, 9.17) is 9.47 Å². The lowest BCUT2D eigenvalue weighted by Gasteiger charge is -2.32. The zero-order valence-corrected chi connectivity index (χ0v) is 14.0. The van der Waals surface area contributed by atoms with Gasteiger partial charge in [0.1, 0.15) is 6.10 Å². The highest BCUT2D eigenvalue weighted by molar-refractivity contribution is 5.94. The van der Waals surface area contributed by atoms with Crippen molar-refractivity contribution in [2.24, 2.45) is 0 Å². The van der Waals surface area contributed by atoms with Crippen LogP contribution in [-0.4, -0.2) is 41.2 Å². The Kier molecular flexibility index (Phi) is 5.45. The van der Waals surface area contributed by atoms with Crippen molar-refractivity contribution in [2.75, 3.05) is 13.2 Å². The molecule has 2 aromatic rings. The summed E-state index contributed by atoms with van der Waals surface area (Å²) >= 11 is 0. The van der Waals surface area contributed by atoms with E-state index in [0.29, 0.717) is 37.5 Å². The molecule has 2 aromatic heterocycles. The Morgan fingerprint density at radius 3 is 3.08 bits per heavy atom. The van der Waals surface area contributed by atoms with Gasteiger partial charge in [-0.05, 0) is 25.0 Å². The van der Waals surface area contributed by atoms with Crippen LogP contribution in [-0.2, 0) is 11.2 Å². The van der Waals surface area contributed by atoms with Crippen molar-refractivity contribution < 1.29 is 14.3 Å². The normalized spacial score (nSPS) is 20.0. The Hall–Kier alpha value is -2.67. The van der Waals surface area contributed by atoms with Crippen molar-refractivity contribution in [3.63, 3.8) is 0 Å². The SMILES string of the molecule is CCc1cc(C(=O)N[C@@H]2CCOC[C@H]2Oc2ccccn2)cc(=O)[nH]1. The number of nitrogens with zero attached hydrogens (tertiary/aromatic N) is 1. The van der Waals surface area contributed by atoms with Crippen LogP contribution in [0.3, 0.4) is 0 Å². The summed E-state index contributed by atoms with van der Waals surface area (Å²) in [4.78, 5) is 31.1. The third kappa shape index (κ3) is 4.45. The lowest BCUT2D eigenvalue weighted by molar-refractivity contribution is -0.0152. The van der Waals surface area contributed by atoms with Gasteiger partial charge in [-0.1, -0.05) is 13.0 Å². The second-order valence-electron chi connectivity index (χ2n) is 5.88. The Morgan fingerprint density at radius 2 is 2.32 bits per heavy atom. The fourth-order valence-corrected chi connectivity index (χ4v) is 2.74. The predicted molar refractivity (Wildman–Crippen MR) is 91.8 cm³/mol. The average molecular weight is 343 g/mol. The van der Waals surface area contributed by atoms with Crippen molar-refractivity contribution in [3.05, 3.63) is 58.1 Å². The van der Waals surface area contributed by atoms with E-state index in [-0.39, 0.29) is 23.6 Å². The number of carbonyl (C=O) groups excluding carboxylic acids is 1. The lowest BCUT2D eigenvalue weighted by Crippen LogP contribution is -2.51. The number of rotatable bonds is 5. The Morgan fingerprint density at radius 1 is 1.44 bits per heavy atom. The summed E-state index contributed by atoms with van der Waals surface area (Å²) in [6.07, 6.45) is 2.60. The van der Waals surface area contributed by atoms with Gasteiger partial charge < -0.3 is 19.8 Å². The zero-order chi connectivity index (χ0) is 17.6. The maximum absolute atomic E-state index is 12.6. The molecule has 1 aliphatic heterocycles. The number of aromatic amines is 1. The van der Waals surface area contributed by atoms with Crippen molar-refractivity contribution in [1.82, 2.24) is 15.3 Å². The van der Waals surface area contributed by atoms with E-state index in [1.165, 1.54) is 6.07 Å². The minimum atomic E-state index is -0.333. The minimum Gasteiger partial charge on any atom is -0.470 e. The summed E-state index contributed by atoms with van der Waals surface area (Å²) in [7, 11) is 0. The van der Waals surface area contributed by atoms with Gasteiger partial charge >= 0.3 is 0 Å². The molecule has 1 aliphatic rings. The number of carbonyl (C=O) groups is 1. The van der Waals surface area contributed by atoms with Crippen LogP contribution in [0.4, 0.5) is 0 Å². The highest BCUT2D eigenvalue weighted by atomic mass is 16.5. The van der Waals surface area contributed by atoms with Gasteiger partial charge in [-0.25, -0.2) is 4.98 Å². The zero-order valence-electron chi connectivity index (χ0n) is 14.0. The maximum atomic E-state index is 12.6. The molecular formula is C18H21N3O4. The van der Waals surface area contributed by atoms with Gasteiger partial charge in [0.25, 0.3) is 5.91 Å². The van der Waals surface area contributed by atoms with Gasteiger partial charge in [0.2, 0.25) is 11.4 Å². The molecule has 0 aromatic carbocycles. The fourth-order valence-electron chi connectivity index (χ4n) is 2.74. The Bertz CT molecular complexity index is 775. The lowest BCUT2D eigenvalue weighted by atomic mass is 10.1. The van der Waals surface area contributed by atoms with E-state index >= 15 is 0 Å². The summed E-state index contributed by atoms with van der Waals surface area (Å²) in [5.74, 6) is 0.198. The molecule has 0 bridgehead atoms. The van der Waals surface area contributed by atoms with Crippen LogP contribution in [0.1, 0.15) is 29.4 Å². The molecule has 3 heterocycles. The number of amides is 1. The summed E-state index contributed by atoms with van der Waals surface area (Å²) in [5.41, 5.74) is 0.798. The third-order valence-corrected chi connectivity index (χ3v) is 4.07. The second kappa shape index (κ2) is 7.94. The van der Waals surface area contributed by atoms with E-state index in [9.17, 15) is 9.59 Å². The molecule has 2 N–H and O–H groups in total. The molecule has 7 heteroatoms. The van der Waals surface area contributed by atoms with Crippen molar-refractivity contribution in [1.29, 1.82) is 0 Å². The first-order valence-corrected chi connectivity index (χ1v) is 8.35. The second-order valence-corrected chi connectivity index (χ2v) is 5.88. The number of ether oxygens (including phenoxy) is 2. The number of aryl methyl sites for hydroxylation is 1. The average Bonchev–Trinajstić information content (AvgIpc) is 2.63. The van der Waals surface area contributed by atoms with E-state index < -0.39 is 0 Å². The van der Waals surface area contributed by atoms with Crippen LogP contribution >= 0.6 is 0 Å². The van der Waals surface area contributed by atoms with Gasteiger partial charge in [-0.2, -0.15) is 0 Å². The van der Waals surface area contributed by atoms with Gasteiger partial charge in [-0.15, -0.1) is 0 Å². The highest BCUT2D eigenvalue weighted by Gasteiger charge is 2.29. The molecule has 3 rings (SSSR count). The summed E-state index contributed by atoms with van der Waals surface area (Å²) in [6, 6.07) is 8.20. The van der Waals surface area contributed by atoms with Crippen LogP contribution in [0.15, 0.2) is 41.3 Å². The fraction of sp³-hybridized carbons (Fsp3) is 0.389. The van der Waals surface area contributed by atoms with Crippen molar-refractivity contribution >= 4 is 5.91 Å². The number of hydrogen-bond donors (Lipinski definition) is 2. The molecule has 1 fully saturated rings. The van der Waals surface area contributed by atoms with Crippen molar-refractivity contribution in [3.8, 4) is 5.88 Å². The Labute approximate surface area is 145 Å². The first kappa shape index (κ1) is 17.2. The molecular weight excluding hydrogens is 322 g/mol. The molecule has 0 spiro atoms. The van der Waals surface area contributed by atoms with Gasteiger partial charge in [0, 0.05) is 36.2 Å². The first-order chi connectivity index (χ1) is 12.2. The standard InChI is InChI=1S/C18H21N3O4/c1-2-13-9-12(10-16(22)20-13)18(23)21-14-6-8-24-11-15(14)25-17-5-3-4-7-19-17/h3-5,7,9-10,14-15H,2,6,8,11H2,1H3,(H,20,22)(H,21,23)/t14-,15-/m1/s1. The van der Waals surface area contributed by atoms with Crippen LogP contribution < -0.4 is 15.6 Å². The molecule has 1 saturated heterocycles. The topological polar surface area (TPSA) is 93.3 Å². The maximum Gasteiger partial charge on any atom is 0.251 e. The van der Waals surface area contributed by atoms with E-state index in [1.807, 2.05) is 19.1 Å². The number of aromatic nitrogens is 2. The van der Waals surface area contributed by atoms with Crippen LogP contribution in [0.2, 0.25) is 0 Å². The number of nitrogens with one attached hydrogen (secondary N) is 2. The van der Waals surface area contributed by atoms with Crippen molar-refractivity contribution in [2.45, 2.75) is 31.9 Å². The van der Waals surface area contributed by atoms with E-state index in [1.54, 1.807) is 18.3 Å². The van der Waals surface area contributed by atoms with Crippen LogP contribution in [0.25, 0.3) is 0 Å². The molecule has 0 aliphatic carbocycles. The largest absolute Gasteiger partial charge is 0.470 e. The summed E-state index contributed by atoms with van der Waals surface area (Å²) in [6.45, 7) is 2.84. The van der Waals surface area contributed by atoms with E-state index in [2.05, 4.69) is 15.3 Å². The highest BCUT2D eigenvalue weighted by Crippen LogP contribution is 2.16. The molecule has 0 radical (unpaired) electrons. The first-order valence-electron chi connectivity index (χ1n) is 8.35. The predicted octanol–water partition coefficient (Wildman–Crippen LogP) is 1.30. The number of pyridine rings is 2. The molecule has 2 atom stereocenters.